The number of carboxylic acids is 2. The molecule has 0 unspecified atom stereocenters. The minimum Gasteiger partial charge on any atom is -0.508 e. The summed E-state index contributed by atoms with van der Waals surface area (Å²) in [7, 11) is 0. The van der Waals surface area contributed by atoms with Gasteiger partial charge in [0.25, 0.3) is 0 Å². The number of para-hydroxylation sites is 1. The van der Waals surface area contributed by atoms with Gasteiger partial charge in [0.15, 0.2) is 0 Å². The number of benzene rings is 2. The van der Waals surface area contributed by atoms with Crippen LogP contribution < -0.4 is 0 Å². The van der Waals surface area contributed by atoms with E-state index in [2.05, 4.69) is 0 Å². The van der Waals surface area contributed by atoms with Gasteiger partial charge in [-0.3, -0.25) is 0 Å². The Labute approximate surface area is 114 Å². The predicted molar refractivity (Wildman–Crippen MR) is 70.1 cm³/mol. The maximum atomic E-state index is 10.3. The van der Waals surface area contributed by atoms with E-state index in [-0.39, 0.29) is 22.6 Å². The predicted octanol–water partition coefficient (Wildman–Crippen LogP) is 2.18. The van der Waals surface area contributed by atoms with Crippen LogP contribution in [-0.2, 0) is 0 Å². The van der Waals surface area contributed by atoms with Crippen molar-refractivity contribution < 1.29 is 30.0 Å². The summed E-state index contributed by atoms with van der Waals surface area (Å²) in [5.41, 5.74) is 0.111. The molecule has 0 aromatic heterocycles. The van der Waals surface area contributed by atoms with Crippen LogP contribution in [0.2, 0.25) is 0 Å². The molecular weight excluding hydrogens is 264 g/mol. The molecule has 0 aliphatic carbocycles. The fourth-order valence-electron chi connectivity index (χ4n) is 1.26. The van der Waals surface area contributed by atoms with Crippen molar-refractivity contribution in [2.24, 2.45) is 0 Å². The SMILES string of the molecule is O=C(O)c1ccc(O)cc1.O=C(O)c1ccccc1O. The Morgan fingerprint density at radius 3 is 1.70 bits per heavy atom. The molecule has 0 aliphatic rings. The molecule has 6 nitrogen and oxygen atoms in total. The van der Waals surface area contributed by atoms with Crippen LogP contribution in [0.4, 0.5) is 0 Å². The molecule has 0 spiro atoms. The molecule has 6 heteroatoms. The van der Waals surface area contributed by atoms with E-state index < -0.39 is 11.9 Å². The highest BCUT2D eigenvalue weighted by Gasteiger charge is 2.05. The van der Waals surface area contributed by atoms with Crippen molar-refractivity contribution in [1.29, 1.82) is 0 Å². The van der Waals surface area contributed by atoms with E-state index in [4.69, 9.17) is 20.4 Å². The van der Waals surface area contributed by atoms with E-state index in [1.54, 1.807) is 12.1 Å². The number of hydrogen-bond acceptors (Lipinski definition) is 4. The summed E-state index contributed by atoms with van der Waals surface area (Å²) in [5, 5.41) is 34.4. The molecule has 0 atom stereocenters. The maximum Gasteiger partial charge on any atom is 0.339 e. The summed E-state index contributed by atoms with van der Waals surface area (Å²) in [6.07, 6.45) is 0. The van der Waals surface area contributed by atoms with E-state index in [0.29, 0.717) is 0 Å². The summed E-state index contributed by atoms with van der Waals surface area (Å²) >= 11 is 0. The molecule has 0 saturated heterocycles. The van der Waals surface area contributed by atoms with Crippen molar-refractivity contribution >= 4 is 11.9 Å². The summed E-state index contributed by atoms with van der Waals surface area (Å²) in [5.74, 6) is -2.22. The number of carbonyl (C=O) groups is 2. The smallest absolute Gasteiger partial charge is 0.339 e. The molecule has 2 rings (SSSR count). The van der Waals surface area contributed by atoms with Crippen LogP contribution >= 0.6 is 0 Å². The number of aromatic hydroxyl groups is 2. The fourth-order valence-corrected chi connectivity index (χ4v) is 1.26. The maximum absolute atomic E-state index is 10.3. The molecule has 0 saturated carbocycles. The second-order valence-electron chi connectivity index (χ2n) is 3.67. The zero-order chi connectivity index (χ0) is 15.1. The highest BCUT2D eigenvalue weighted by atomic mass is 16.4. The zero-order valence-corrected chi connectivity index (χ0v) is 10.2. The lowest BCUT2D eigenvalue weighted by molar-refractivity contribution is 0.0684. The normalized spacial score (nSPS) is 9.20. The van der Waals surface area contributed by atoms with Gasteiger partial charge in [0.05, 0.1) is 5.56 Å². The molecule has 2 aromatic carbocycles. The van der Waals surface area contributed by atoms with Gasteiger partial charge >= 0.3 is 11.9 Å². The highest BCUT2D eigenvalue weighted by molar-refractivity contribution is 5.90. The van der Waals surface area contributed by atoms with Crippen LogP contribution in [-0.4, -0.2) is 32.4 Å². The minimum atomic E-state index is -1.11. The zero-order valence-electron chi connectivity index (χ0n) is 10.2. The van der Waals surface area contributed by atoms with Crippen molar-refractivity contribution in [3.8, 4) is 11.5 Å². The van der Waals surface area contributed by atoms with Crippen LogP contribution in [0.1, 0.15) is 20.7 Å². The number of hydrogen-bond donors (Lipinski definition) is 4. The second-order valence-corrected chi connectivity index (χ2v) is 3.67. The molecule has 104 valence electrons. The minimum absolute atomic E-state index is 0.0671. The first-order chi connectivity index (χ1) is 9.41. The third kappa shape index (κ3) is 4.34. The van der Waals surface area contributed by atoms with Gasteiger partial charge in [-0.2, -0.15) is 0 Å². The summed E-state index contributed by atoms with van der Waals surface area (Å²) in [4.78, 5) is 20.5. The molecular formula is C14H12O6. The molecule has 0 amide bonds. The Bertz CT molecular complexity index is 603. The molecule has 4 N–H and O–H groups in total. The Morgan fingerprint density at radius 2 is 1.30 bits per heavy atom. The topological polar surface area (TPSA) is 115 Å². The van der Waals surface area contributed by atoms with Gasteiger partial charge in [0.2, 0.25) is 0 Å². The van der Waals surface area contributed by atoms with Crippen LogP contribution in [0.3, 0.4) is 0 Å². The molecule has 0 radical (unpaired) electrons. The van der Waals surface area contributed by atoms with Gasteiger partial charge in [-0.25, -0.2) is 9.59 Å². The quantitative estimate of drug-likeness (QED) is 0.668. The van der Waals surface area contributed by atoms with Crippen LogP contribution in [0, 0.1) is 0 Å². The monoisotopic (exact) mass is 276 g/mol. The van der Waals surface area contributed by atoms with E-state index in [9.17, 15) is 9.59 Å². The number of carboxylic acid groups (broad SMARTS) is 2. The van der Waals surface area contributed by atoms with Gasteiger partial charge in [-0.05, 0) is 36.4 Å². The second kappa shape index (κ2) is 6.79. The van der Waals surface area contributed by atoms with E-state index in [0.717, 1.165) is 0 Å². The highest BCUT2D eigenvalue weighted by Crippen LogP contribution is 2.14. The summed E-state index contributed by atoms with van der Waals surface area (Å²) in [6.45, 7) is 0. The average Bonchev–Trinajstić information content (AvgIpc) is 2.40. The van der Waals surface area contributed by atoms with Gasteiger partial charge in [0, 0.05) is 0 Å². The Morgan fingerprint density at radius 1 is 0.750 bits per heavy atom. The van der Waals surface area contributed by atoms with Crippen LogP contribution in [0.25, 0.3) is 0 Å². The fraction of sp³-hybridized carbons (Fsp3) is 0. The van der Waals surface area contributed by atoms with Gasteiger partial charge < -0.3 is 20.4 Å². The van der Waals surface area contributed by atoms with Gasteiger partial charge in [-0.1, -0.05) is 12.1 Å². The lowest BCUT2D eigenvalue weighted by atomic mass is 10.2. The molecule has 0 heterocycles. The average molecular weight is 276 g/mol. The largest absolute Gasteiger partial charge is 0.508 e. The standard InChI is InChI=1S/2C7H6O3/c8-6-3-1-5(2-4-6)7(9)10;8-6-4-2-1-3-5(6)7(9)10/h2*1-4,8H,(H,9,10). The summed E-state index contributed by atoms with van der Waals surface area (Å²) < 4.78 is 0. The first-order valence-electron chi connectivity index (χ1n) is 5.45. The van der Waals surface area contributed by atoms with Crippen LogP contribution in [0.5, 0.6) is 11.5 Å². The number of aromatic carboxylic acids is 2. The molecule has 20 heavy (non-hydrogen) atoms. The van der Waals surface area contributed by atoms with Crippen molar-refractivity contribution in [2.45, 2.75) is 0 Å². The lowest BCUT2D eigenvalue weighted by Crippen LogP contribution is -1.95. The van der Waals surface area contributed by atoms with Crippen molar-refractivity contribution in [3.63, 3.8) is 0 Å². The van der Waals surface area contributed by atoms with Gasteiger partial charge in [0.1, 0.15) is 17.1 Å². The number of rotatable bonds is 2. The van der Waals surface area contributed by atoms with Gasteiger partial charge in [-0.15, -0.1) is 0 Å². The Hall–Kier alpha value is -3.02. The summed E-state index contributed by atoms with van der Waals surface area (Å²) in [6, 6.07) is 11.2. The molecule has 0 fully saturated rings. The van der Waals surface area contributed by atoms with Crippen molar-refractivity contribution in [2.75, 3.05) is 0 Å². The van der Waals surface area contributed by atoms with Crippen molar-refractivity contribution in [1.82, 2.24) is 0 Å². The molecule has 2 aromatic rings. The number of phenols is 2. The first kappa shape index (κ1) is 15.0. The molecule has 0 bridgehead atoms. The van der Waals surface area contributed by atoms with E-state index >= 15 is 0 Å². The first-order valence-corrected chi connectivity index (χ1v) is 5.45. The Kier molecular flexibility index (Phi) is 5.11. The Balaban J connectivity index is 0.000000200. The van der Waals surface area contributed by atoms with E-state index in [1.165, 1.54) is 36.4 Å². The van der Waals surface area contributed by atoms with Crippen LogP contribution in [0.15, 0.2) is 48.5 Å². The van der Waals surface area contributed by atoms with Crippen molar-refractivity contribution in [3.05, 3.63) is 59.7 Å². The molecule has 0 aliphatic heterocycles. The number of phenolic OH excluding ortho intramolecular Hbond substituents is 1. The van der Waals surface area contributed by atoms with E-state index in [1.807, 2.05) is 0 Å². The third-order valence-corrected chi connectivity index (χ3v) is 2.25. The lowest BCUT2D eigenvalue weighted by Gasteiger charge is -1.95. The third-order valence-electron chi connectivity index (χ3n) is 2.25.